The Hall–Kier alpha value is -0.330. The molecule has 3 saturated carbocycles. The zero-order valence-corrected chi connectivity index (χ0v) is 18.4. The van der Waals surface area contributed by atoms with Gasteiger partial charge in [0.15, 0.2) is 0 Å². The molecular formula is C26H46O. The number of hydrogen-bond acceptors (Lipinski definition) is 1. The zero-order chi connectivity index (χ0) is 19.1. The van der Waals surface area contributed by atoms with E-state index in [2.05, 4.69) is 6.92 Å². The van der Waals surface area contributed by atoms with Crippen molar-refractivity contribution in [2.24, 2.45) is 35.5 Å². The quantitative estimate of drug-likeness (QED) is 0.374. The smallest absolute Gasteiger partial charge is 0.135 e. The van der Waals surface area contributed by atoms with Crippen LogP contribution >= 0.6 is 0 Å². The van der Waals surface area contributed by atoms with Gasteiger partial charge >= 0.3 is 0 Å². The van der Waals surface area contributed by atoms with Crippen LogP contribution in [0.5, 0.6) is 0 Å². The van der Waals surface area contributed by atoms with Crippen LogP contribution in [0.25, 0.3) is 0 Å². The van der Waals surface area contributed by atoms with E-state index < -0.39 is 0 Å². The lowest BCUT2D eigenvalue weighted by Gasteiger charge is -2.45. The van der Waals surface area contributed by atoms with Crippen molar-refractivity contribution in [3.8, 4) is 0 Å². The van der Waals surface area contributed by atoms with E-state index in [0.29, 0.717) is 11.7 Å². The van der Waals surface area contributed by atoms with Gasteiger partial charge in [0.25, 0.3) is 0 Å². The topological polar surface area (TPSA) is 17.1 Å². The van der Waals surface area contributed by atoms with Gasteiger partial charge in [0, 0.05) is 12.3 Å². The van der Waals surface area contributed by atoms with Crippen LogP contribution in [-0.4, -0.2) is 5.78 Å². The highest BCUT2D eigenvalue weighted by atomic mass is 16.1. The van der Waals surface area contributed by atoms with E-state index in [1.165, 1.54) is 96.3 Å². The van der Waals surface area contributed by atoms with Crippen LogP contribution in [-0.2, 0) is 4.79 Å². The predicted molar refractivity (Wildman–Crippen MR) is 116 cm³/mol. The fraction of sp³-hybridized carbons (Fsp3) is 0.962. The van der Waals surface area contributed by atoms with Crippen LogP contribution in [0.2, 0.25) is 0 Å². The molecule has 3 rings (SSSR count). The molecule has 0 amide bonds. The van der Waals surface area contributed by atoms with Gasteiger partial charge in [0.1, 0.15) is 5.78 Å². The lowest BCUT2D eigenvalue weighted by atomic mass is 9.60. The van der Waals surface area contributed by atoms with Gasteiger partial charge in [0.05, 0.1) is 0 Å². The molecule has 0 aromatic carbocycles. The van der Waals surface area contributed by atoms with Crippen LogP contribution in [0.4, 0.5) is 0 Å². The highest BCUT2D eigenvalue weighted by molar-refractivity contribution is 5.80. The Bertz CT molecular complexity index is 433. The Kier molecular flexibility index (Phi) is 8.72. The minimum Gasteiger partial charge on any atom is -0.299 e. The van der Waals surface area contributed by atoms with Gasteiger partial charge in [0.2, 0.25) is 0 Å². The van der Waals surface area contributed by atoms with E-state index in [1.807, 2.05) is 6.92 Å². The molecule has 3 aliphatic rings. The molecule has 0 aromatic heterocycles. The Labute approximate surface area is 169 Å². The summed E-state index contributed by atoms with van der Waals surface area (Å²) >= 11 is 0. The molecule has 4 atom stereocenters. The molecule has 3 fully saturated rings. The van der Waals surface area contributed by atoms with Crippen LogP contribution in [0.3, 0.4) is 0 Å². The molecule has 0 saturated heterocycles. The van der Waals surface area contributed by atoms with Crippen molar-refractivity contribution in [2.75, 3.05) is 0 Å². The van der Waals surface area contributed by atoms with Crippen molar-refractivity contribution < 1.29 is 4.79 Å². The van der Waals surface area contributed by atoms with Crippen molar-refractivity contribution in [3.05, 3.63) is 0 Å². The lowest BCUT2D eigenvalue weighted by molar-refractivity contribution is -0.124. The molecule has 0 heterocycles. The maximum atomic E-state index is 12.0. The van der Waals surface area contributed by atoms with Gasteiger partial charge in [-0.05, 0) is 87.4 Å². The number of unbranched alkanes of at least 4 members (excludes halogenated alkanes) is 4. The fourth-order valence-corrected chi connectivity index (χ4v) is 6.95. The van der Waals surface area contributed by atoms with Crippen LogP contribution < -0.4 is 0 Å². The van der Waals surface area contributed by atoms with Crippen LogP contribution in [0.15, 0.2) is 0 Å². The normalized spacial score (nSPS) is 37.0. The third-order valence-corrected chi connectivity index (χ3v) is 8.72. The summed E-state index contributed by atoms with van der Waals surface area (Å²) < 4.78 is 0. The molecule has 156 valence electrons. The molecule has 0 spiro atoms. The summed E-state index contributed by atoms with van der Waals surface area (Å²) in [7, 11) is 0. The van der Waals surface area contributed by atoms with E-state index in [9.17, 15) is 4.79 Å². The molecule has 0 aliphatic heterocycles. The maximum Gasteiger partial charge on any atom is 0.135 e. The number of carbonyl (C=O) groups is 1. The van der Waals surface area contributed by atoms with Gasteiger partial charge in [-0.25, -0.2) is 0 Å². The van der Waals surface area contributed by atoms with Gasteiger partial charge in [-0.3, -0.25) is 4.79 Å². The highest BCUT2D eigenvalue weighted by Gasteiger charge is 2.39. The number of hydrogen-bond donors (Lipinski definition) is 0. The van der Waals surface area contributed by atoms with Crippen LogP contribution in [0.1, 0.15) is 123 Å². The first-order chi connectivity index (χ1) is 13.2. The molecule has 27 heavy (non-hydrogen) atoms. The predicted octanol–water partition coefficient (Wildman–Crippen LogP) is 7.97. The summed E-state index contributed by atoms with van der Waals surface area (Å²) in [5.41, 5.74) is 0. The largest absolute Gasteiger partial charge is 0.299 e. The Morgan fingerprint density at radius 1 is 0.667 bits per heavy atom. The molecule has 0 aromatic rings. The minimum atomic E-state index is 0.412. The number of fused-ring (bicyclic) bond motifs is 1. The van der Waals surface area contributed by atoms with Crippen LogP contribution in [0, 0.1) is 35.5 Å². The molecule has 0 bridgehead atoms. The van der Waals surface area contributed by atoms with Crippen molar-refractivity contribution in [3.63, 3.8) is 0 Å². The Morgan fingerprint density at radius 3 is 1.96 bits per heavy atom. The molecule has 1 heteroatoms. The second-order valence-electron chi connectivity index (χ2n) is 10.4. The Balaban J connectivity index is 1.36. The van der Waals surface area contributed by atoms with Crippen molar-refractivity contribution >= 4 is 5.78 Å². The summed E-state index contributed by atoms with van der Waals surface area (Å²) in [6.45, 7) is 4.35. The van der Waals surface area contributed by atoms with Crippen molar-refractivity contribution in [1.29, 1.82) is 0 Å². The number of ketones is 1. The number of Topliss-reactive ketones (excluding diaryl/α,β-unsaturated/α-hetero) is 1. The summed E-state index contributed by atoms with van der Waals surface area (Å²) in [6.07, 6.45) is 23.8. The average molecular weight is 375 g/mol. The van der Waals surface area contributed by atoms with Crippen molar-refractivity contribution in [1.82, 2.24) is 0 Å². The molecule has 0 N–H and O–H groups in total. The molecular weight excluding hydrogens is 328 g/mol. The second-order valence-corrected chi connectivity index (χ2v) is 10.4. The standard InChI is InChI=1S/C26H46O/c1-3-5-6-7-8-9-20-10-11-25-19-24(17-16-23(25)18-20)21-12-14-22(15-13-21)26(27)4-2/h20-25H,3-19H2,1-2H3/t20-,21?,22?,23-,24+,25+/m0/s1. The average Bonchev–Trinajstić information content (AvgIpc) is 2.72. The van der Waals surface area contributed by atoms with E-state index in [0.717, 1.165) is 36.0 Å². The lowest BCUT2D eigenvalue weighted by Crippen LogP contribution is -2.35. The van der Waals surface area contributed by atoms with Gasteiger partial charge in [-0.15, -0.1) is 0 Å². The van der Waals surface area contributed by atoms with E-state index in [1.54, 1.807) is 6.42 Å². The first-order valence-corrected chi connectivity index (χ1v) is 12.7. The molecule has 1 nitrogen and oxygen atoms in total. The summed E-state index contributed by atoms with van der Waals surface area (Å²) in [4.78, 5) is 12.0. The van der Waals surface area contributed by atoms with Gasteiger partial charge < -0.3 is 0 Å². The first kappa shape index (κ1) is 21.4. The number of carbonyl (C=O) groups excluding carboxylic acids is 1. The first-order valence-electron chi connectivity index (χ1n) is 12.7. The third-order valence-electron chi connectivity index (χ3n) is 8.72. The summed E-state index contributed by atoms with van der Waals surface area (Å²) in [5, 5.41) is 0. The molecule has 0 unspecified atom stereocenters. The molecule has 3 aliphatic carbocycles. The minimum absolute atomic E-state index is 0.412. The molecule has 0 radical (unpaired) electrons. The highest BCUT2D eigenvalue weighted by Crippen LogP contribution is 2.49. The third kappa shape index (κ3) is 6.07. The zero-order valence-electron chi connectivity index (χ0n) is 18.4. The maximum absolute atomic E-state index is 12.0. The fourth-order valence-electron chi connectivity index (χ4n) is 6.95. The van der Waals surface area contributed by atoms with E-state index in [-0.39, 0.29) is 0 Å². The monoisotopic (exact) mass is 374 g/mol. The van der Waals surface area contributed by atoms with Gasteiger partial charge in [-0.2, -0.15) is 0 Å². The SMILES string of the molecule is CCCCCCC[C@H]1CC[C@@H]2C[C@H](C3CCC(C(=O)CC)CC3)CC[C@H]2C1. The van der Waals surface area contributed by atoms with E-state index in [4.69, 9.17) is 0 Å². The van der Waals surface area contributed by atoms with E-state index >= 15 is 0 Å². The summed E-state index contributed by atoms with van der Waals surface area (Å²) in [5.74, 6) is 6.06. The Morgan fingerprint density at radius 2 is 1.26 bits per heavy atom. The van der Waals surface area contributed by atoms with Gasteiger partial charge in [-0.1, -0.05) is 58.8 Å². The summed E-state index contributed by atoms with van der Waals surface area (Å²) in [6, 6.07) is 0. The number of rotatable bonds is 9. The second kappa shape index (κ2) is 11.0. The van der Waals surface area contributed by atoms with Crippen molar-refractivity contribution in [2.45, 2.75) is 123 Å².